The van der Waals surface area contributed by atoms with Crippen LogP contribution in [0.5, 0.6) is 5.75 Å². The molecule has 0 bridgehead atoms. The molecule has 0 atom stereocenters. The molecule has 1 heterocycles. The number of nitrogens with one attached hydrogen (secondary N) is 1. The van der Waals surface area contributed by atoms with E-state index in [1.807, 2.05) is 96.2 Å². The van der Waals surface area contributed by atoms with Gasteiger partial charge in [0.1, 0.15) is 11.4 Å². The van der Waals surface area contributed by atoms with Crippen LogP contribution in [0.25, 0.3) is 22.3 Å². The highest BCUT2D eigenvalue weighted by Gasteiger charge is 2.17. The van der Waals surface area contributed by atoms with Crippen molar-refractivity contribution in [1.29, 1.82) is 0 Å². The van der Waals surface area contributed by atoms with Crippen LogP contribution in [0.2, 0.25) is 0 Å². The Hall–Kier alpha value is -5.42. The molecule has 0 aromatic heterocycles. The molecular weight excluding hydrogens is 631 g/mol. The van der Waals surface area contributed by atoms with Crippen molar-refractivity contribution in [3.63, 3.8) is 0 Å². The first kappa shape index (κ1) is 38.4. The summed E-state index contributed by atoms with van der Waals surface area (Å²) >= 11 is 0. The van der Waals surface area contributed by atoms with Crippen LogP contribution in [0.3, 0.4) is 0 Å². The summed E-state index contributed by atoms with van der Waals surface area (Å²) in [6.45, 7) is 16.6. The molecule has 1 aliphatic heterocycles. The van der Waals surface area contributed by atoms with E-state index in [1.54, 1.807) is 12.1 Å². The summed E-state index contributed by atoms with van der Waals surface area (Å²) in [5.41, 5.74) is 11.6. The maximum atomic E-state index is 12.6. The second-order valence-corrected chi connectivity index (χ2v) is 13.8. The molecule has 0 saturated carbocycles. The van der Waals surface area contributed by atoms with Crippen LogP contribution < -0.4 is 10.1 Å². The van der Waals surface area contributed by atoms with Gasteiger partial charge in [-0.25, -0.2) is 4.79 Å². The number of rotatable bonds is 6. The largest absolute Gasteiger partial charge is 0.493 e. The van der Waals surface area contributed by atoms with Crippen molar-refractivity contribution in [1.82, 2.24) is 0 Å². The average molecular weight is 682 g/mol. The zero-order chi connectivity index (χ0) is 37.0. The lowest BCUT2D eigenvalue weighted by atomic mass is 9.98. The number of allylic oxidation sites excluding steroid dienone is 2. The van der Waals surface area contributed by atoms with Crippen LogP contribution >= 0.6 is 0 Å². The summed E-state index contributed by atoms with van der Waals surface area (Å²) in [4.78, 5) is 24.1. The molecule has 0 saturated heterocycles. The van der Waals surface area contributed by atoms with Gasteiger partial charge in [0.2, 0.25) is 5.91 Å². The van der Waals surface area contributed by atoms with Gasteiger partial charge < -0.3 is 14.8 Å². The van der Waals surface area contributed by atoms with Crippen molar-refractivity contribution >= 4 is 17.6 Å². The first-order valence-corrected chi connectivity index (χ1v) is 17.5. The van der Waals surface area contributed by atoms with E-state index in [2.05, 4.69) is 73.8 Å². The van der Waals surface area contributed by atoms with Gasteiger partial charge >= 0.3 is 5.97 Å². The average Bonchev–Trinajstić information content (AvgIpc) is 3.57. The molecule has 0 fully saturated rings. The number of aryl methyl sites for hydroxylation is 3. The minimum atomic E-state index is -0.429. The number of benzene rings is 5. The Balaban J connectivity index is 0.000000270. The van der Waals surface area contributed by atoms with Gasteiger partial charge in [-0.1, -0.05) is 96.1 Å². The van der Waals surface area contributed by atoms with E-state index in [0.29, 0.717) is 12.0 Å². The summed E-state index contributed by atoms with van der Waals surface area (Å²) in [5.74, 6) is 0.711. The molecule has 0 spiro atoms. The second kappa shape index (κ2) is 18.0. The number of esters is 1. The smallest absolute Gasteiger partial charge is 0.338 e. The summed E-state index contributed by atoms with van der Waals surface area (Å²) < 4.78 is 10.8. The molecule has 0 unspecified atom stereocenters. The number of carbonyl (C=O) groups excluding carboxylic acids is 2. The molecule has 5 nitrogen and oxygen atoms in total. The number of amides is 1. The molecule has 1 amide bonds. The van der Waals surface area contributed by atoms with E-state index in [4.69, 9.17) is 9.47 Å². The predicted octanol–water partition coefficient (Wildman–Crippen LogP) is 11.3. The van der Waals surface area contributed by atoms with E-state index in [0.717, 1.165) is 46.7 Å². The predicted molar refractivity (Wildman–Crippen MR) is 212 cm³/mol. The molecule has 5 aromatic rings. The molecular formula is C46H51NO4. The second-order valence-electron chi connectivity index (χ2n) is 13.8. The monoisotopic (exact) mass is 681 g/mol. The Morgan fingerprint density at radius 1 is 0.725 bits per heavy atom. The van der Waals surface area contributed by atoms with E-state index >= 15 is 0 Å². The van der Waals surface area contributed by atoms with Crippen LogP contribution in [-0.2, 0) is 22.4 Å². The van der Waals surface area contributed by atoms with Gasteiger partial charge in [0.25, 0.3) is 0 Å². The summed E-state index contributed by atoms with van der Waals surface area (Å²) in [6, 6.07) is 36.4. The Labute approximate surface area is 304 Å². The maximum absolute atomic E-state index is 12.6. The van der Waals surface area contributed by atoms with Gasteiger partial charge in [0, 0.05) is 12.1 Å². The number of hydrogen-bond acceptors (Lipinski definition) is 4. The van der Waals surface area contributed by atoms with Crippen molar-refractivity contribution in [3.05, 3.63) is 155 Å². The molecule has 0 aliphatic carbocycles. The van der Waals surface area contributed by atoms with Crippen molar-refractivity contribution in [3.8, 4) is 28.0 Å². The van der Waals surface area contributed by atoms with Crippen LogP contribution in [0, 0.1) is 20.8 Å². The highest BCUT2D eigenvalue weighted by Crippen LogP contribution is 2.31. The fourth-order valence-electron chi connectivity index (χ4n) is 5.47. The van der Waals surface area contributed by atoms with Gasteiger partial charge in [-0.15, -0.1) is 0 Å². The molecule has 1 N–H and O–H groups in total. The van der Waals surface area contributed by atoms with Crippen LogP contribution in [0.15, 0.2) is 121 Å². The highest BCUT2D eigenvalue weighted by atomic mass is 16.6. The number of hydrogen-bond donors (Lipinski definition) is 1. The number of fused-ring (bicyclic) bond motifs is 1. The van der Waals surface area contributed by atoms with Crippen molar-refractivity contribution in [2.24, 2.45) is 0 Å². The van der Waals surface area contributed by atoms with Crippen LogP contribution in [-0.4, -0.2) is 24.1 Å². The number of ether oxygens (including phenoxy) is 2. The minimum Gasteiger partial charge on any atom is -0.493 e. The van der Waals surface area contributed by atoms with E-state index in [1.165, 1.54) is 27.8 Å². The lowest BCUT2D eigenvalue weighted by molar-refractivity contribution is -0.115. The summed E-state index contributed by atoms with van der Waals surface area (Å²) in [7, 11) is 0. The quantitative estimate of drug-likeness (QED) is 0.143. The Kier molecular flexibility index (Phi) is 13.5. The lowest BCUT2D eigenvalue weighted by Gasteiger charge is -2.19. The third-order valence-electron chi connectivity index (χ3n) is 8.22. The van der Waals surface area contributed by atoms with E-state index in [9.17, 15) is 9.59 Å². The van der Waals surface area contributed by atoms with Crippen LogP contribution in [0.4, 0.5) is 5.69 Å². The molecule has 1 aliphatic rings. The Morgan fingerprint density at radius 2 is 1.33 bits per heavy atom. The topological polar surface area (TPSA) is 64.6 Å². The third-order valence-corrected chi connectivity index (χ3v) is 8.22. The first-order chi connectivity index (χ1) is 24.3. The zero-order valence-electron chi connectivity index (χ0n) is 31.3. The third kappa shape index (κ3) is 11.9. The minimum absolute atomic E-state index is 0.0169. The van der Waals surface area contributed by atoms with Gasteiger partial charge in [-0.05, 0) is 131 Å². The van der Waals surface area contributed by atoms with Crippen LogP contribution in [0.1, 0.15) is 72.8 Å². The molecule has 5 aromatic carbocycles. The van der Waals surface area contributed by atoms with Crippen molar-refractivity contribution < 1.29 is 19.1 Å². The zero-order valence-corrected chi connectivity index (χ0v) is 31.3. The normalized spacial score (nSPS) is 11.7. The number of anilines is 1. The fraction of sp³-hybridized carbons (Fsp3) is 0.261. The SMILES string of the molecule is CC=CC.Cc1ccc(-c2ccc(NC(=O)Cc3ccc(-c4ccc5c(c4)CCO5)cc3)cc2)c(C)c1.Cc1ccc(C(=O)OC(C)(C)C)cc1. The first-order valence-electron chi connectivity index (χ1n) is 17.5. The van der Waals surface area contributed by atoms with Crippen molar-refractivity contribution in [2.75, 3.05) is 11.9 Å². The number of carbonyl (C=O) groups is 2. The lowest BCUT2D eigenvalue weighted by Crippen LogP contribution is -2.23. The van der Waals surface area contributed by atoms with Gasteiger partial charge in [0.15, 0.2) is 0 Å². The van der Waals surface area contributed by atoms with Gasteiger partial charge in [-0.2, -0.15) is 0 Å². The Morgan fingerprint density at radius 3 is 1.94 bits per heavy atom. The Bertz CT molecular complexity index is 1930. The van der Waals surface area contributed by atoms with Crippen molar-refractivity contribution in [2.45, 2.75) is 73.8 Å². The molecule has 51 heavy (non-hydrogen) atoms. The highest BCUT2D eigenvalue weighted by molar-refractivity contribution is 5.92. The van der Waals surface area contributed by atoms with Gasteiger partial charge in [0.05, 0.1) is 18.6 Å². The van der Waals surface area contributed by atoms with E-state index in [-0.39, 0.29) is 11.9 Å². The molecule has 6 rings (SSSR count). The fourth-order valence-corrected chi connectivity index (χ4v) is 5.47. The molecule has 0 radical (unpaired) electrons. The molecule has 5 heteroatoms. The summed E-state index contributed by atoms with van der Waals surface area (Å²) in [5, 5.41) is 3.01. The summed E-state index contributed by atoms with van der Waals surface area (Å²) in [6.07, 6.45) is 5.31. The van der Waals surface area contributed by atoms with Gasteiger partial charge in [-0.3, -0.25) is 4.79 Å². The van der Waals surface area contributed by atoms with E-state index < -0.39 is 5.60 Å². The standard InChI is InChI=1S/C30H27NO2.C12H16O2.C4H8/c1-20-3-13-28(21(2)17-20)24-8-11-27(12-9-24)31-30(32)18-22-4-6-23(7-5-22)25-10-14-29-26(19-25)15-16-33-29;1-9-5-7-10(8-6-9)11(13)14-12(2,3)4;1-3-4-2/h3-14,17,19H,15-16,18H2,1-2H3,(H,31,32);5-8H,1-4H3;3-4H,1-2H3. The molecule has 264 valence electrons. The maximum Gasteiger partial charge on any atom is 0.338 e.